The Morgan fingerprint density at radius 1 is 0.604 bits per heavy atom. The average molecular weight is 615 g/mol. The van der Waals surface area contributed by atoms with E-state index in [1.54, 1.807) is 18.5 Å². The van der Waals surface area contributed by atoms with Crippen LogP contribution in [0.15, 0.2) is 195 Å². The monoisotopic (exact) mass is 614 g/mol. The zero-order valence-electron chi connectivity index (χ0n) is 26.6. The van der Waals surface area contributed by atoms with E-state index in [0.29, 0.717) is 0 Å². The molecule has 2 nitrogen and oxygen atoms in total. The highest BCUT2D eigenvalue weighted by atomic mass is 14.6. The molecule has 0 atom stereocenters. The fourth-order valence-electron chi connectivity index (χ4n) is 6.18. The second-order valence-corrected chi connectivity index (χ2v) is 11.6. The quantitative estimate of drug-likeness (QED) is 0.119. The molecule has 0 amide bonds. The summed E-state index contributed by atoms with van der Waals surface area (Å²) in [5, 5.41) is 7.64. The van der Waals surface area contributed by atoms with Gasteiger partial charge in [-0.2, -0.15) is 0 Å². The van der Waals surface area contributed by atoms with Crippen molar-refractivity contribution in [3.8, 4) is 11.1 Å². The molecule has 2 aromatic heterocycles. The van der Waals surface area contributed by atoms with Crippen molar-refractivity contribution < 1.29 is 0 Å². The predicted molar refractivity (Wildman–Crippen MR) is 206 cm³/mol. The molecule has 0 N–H and O–H groups in total. The largest absolute Gasteiger partial charge is 0.264 e. The molecule has 0 unspecified atom stereocenters. The third kappa shape index (κ3) is 6.46. The van der Waals surface area contributed by atoms with E-state index in [0.717, 1.165) is 39.1 Å². The number of hydrogen-bond acceptors (Lipinski definition) is 2. The van der Waals surface area contributed by atoms with Crippen molar-refractivity contribution in [2.75, 3.05) is 0 Å². The molecule has 0 saturated carbocycles. The number of hydrogen-bond donors (Lipinski definition) is 0. The van der Waals surface area contributed by atoms with E-state index in [1.165, 1.54) is 37.9 Å². The number of allylic oxidation sites excluding steroid dienone is 8. The third-order valence-corrected chi connectivity index (χ3v) is 8.52. The van der Waals surface area contributed by atoms with Crippen LogP contribution in [0.4, 0.5) is 0 Å². The molecule has 7 aromatic rings. The molecule has 48 heavy (non-hydrogen) atoms. The van der Waals surface area contributed by atoms with Crippen LogP contribution in [0.1, 0.15) is 16.8 Å². The van der Waals surface area contributed by atoms with Gasteiger partial charge in [-0.3, -0.25) is 9.97 Å². The lowest BCUT2D eigenvalue weighted by molar-refractivity contribution is 1.29. The molecule has 5 aromatic carbocycles. The molecule has 2 heteroatoms. The molecule has 0 saturated heterocycles. The topological polar surface area (TPSA) is 25.8 Å². The summed E-state index contributed by atoms with van der Waals surface area (Å²) in [6.07, 6.45) is 19.6. The maximum Gasteiger partial charge on any atom is 0.0629 e. The third-order valence-electron chi connectivity index (χ3n) is 8.52. The lowest BCUT2D eigenvalue weighted by atomic mass is 9.91. The first-order valence-electron chi connectivity index (χ1n) is 16.0. The zero-order valence-corrected chi connectivity index (χ0v) is 26.6. The van der Waals surface area contributed by atoms with E-state index in [1.807, 2.05) is 42.6 Å². The van der Waals surface area contributed by atoms with E-state index < -0.39 is 0 Å². The van der Waals surface area contributed by atoms with Crippen molar-refractivity contribution in [3.63, 3.8) is 0 Å². The SMILES string of the molecule is C=C/C=C\C(=C\c1cccc(-c2ccc3c4ccccc4c4ccccc4c3c2)c1)C(=C)/C=C(\C=C\c1ccccn1)c1cccnc1. The summed E-state index contributed by atoms with van der Waals surface area (Å²) in [5.74, 6) is 0. The van der Waals surface area contributed by atoms with Crippen molar-refractivity contribution in [2.24, 2.45) is 0 Å². The van der Waals surface area contributed by atoms with Gasteiger partial charge in [0.15, 0.2) is 0 Å². The number of fused-ring (bicyclic) bond motifs is 6. The summed E-state index contributed by atoms with van der Waals surface area (Å²) < 4.78 is 0. The second kappa shape index (κ2) is 13.9. The number of pyridine rings is 2. The summed E-state index contributed by atoms with van der Waals surface area (Å²) in [4.78, 5) is 8.80. The van der Waals surface area contributed by atoms with Crippen LogP contribution in [-0.4, -0.2) is 9.97 Å². The van der Waals surface area contributed by atoms with Gasteiger partial charge in [0, 0.05) is 24.2 Å². The van der Waals surface area contributed by atoms with Gasteiger partial charge in [-0.15, -0.1) is 0 Å². The molecule has 0 bridgehead atoms. The number of aromatic nitrogens is 2. The van der Waals surface area contributed by atoms with Crippen LogP contribution < -0.4 is 0 Å². The van der Waals surface area contributed by atoms with E-state index in [9.17, 15) is 0 Å². The van der Waals surface area contributed by atoms with Crippen molar-refractivity contribution in [2.45, 2.75) is 0 Å². The number of benzene rings is 5. The van der Waals surface area contributed by atoms with Crippen LogP contribution in [0.2, 0.25) is 0 Å². The minimum Gasteiger partial charge on any atom is -0.264 e. The van der Waals surface area contributed by atoms with E-state index in [-0.39, 0.29) is 0 Å². The summed E-state index contributed by atoms with van der Waals surface area (Å²) in [7, 11) is 0. The van der Waals surface area contributed by atoms with Gasteiger partial charge in [0.1, 0.15) is 0 Å². The van der Waals surface area contributed by atoms with Crippen molar-refractivity contribution in [1.82, 2.24) is 9.97 Å². The van der Waals surface area contributed by atoms with Crippen LogP contribution in [0, 0.1) is 0 Å². The lowest BCUT2D eigenvalue weighted by Gasteiger charge is -2.12. The first-order chi connectivity index (χ1) is 23.7. The van der Waals surface area contributed by atoms with Gasteiger partial charge >= 0.3 is 0 Å². The molecule has 0 fully saturated rings. The minimum atomic E-state index is 0.868. The molecule has 2 heterocycles. The Bertz CT molecular complexity index is 2370. The van der Waals surface area contributed by atoms with Gasteiger partial charge in [-0.1, -0.05) is 128 Å². The highest BCUT2D eigenvalue weighted by Crippen LogP contribution is 2.37. The van der Waals surface area contributed by atoms with E-state index in [2.05, 4.69) is 144 Å². The van der Waals surface area contributed by atoms with Crippen LogP contribution in [0.5, 0.6) is 0 Å². The standard InChI is InChI=1S/C46H34N2/c1-3-4-14-35(33(2)28-37(39-16-12-26-47-32-39)22-24-40-17-9-10-27-48-40)29-34-13-11-15-36(30-34)38-23-25-45-43-20-6-5-18-41(43)42-19-7-8-21-44(42)46(45)31-38/h3-32H,1-2H2/b14-4-,24-22+,35-29-,37-28+. The van der Waals surface area contributed by atoms with Crippen molar-refractivity contribution in [3.05, 3.63) is 211 Å². The Labute approximate surface area is 281 Å². The molecule has 0 spiro atoms. The smallest absolute Gasteiger partial charge is 0.0629 e. The van der Waals surface area contributed by atoms with Crippen LogP contribution in [-0.2, 0) is 0 Å². The van der Waals surface area contributed by atoms with Gasteiger partial charge in [-0.05, 0) is 114 Å². The molecular formula is C46H34N2. The summed E-state index contributed by atoms with van der Waals surface area (Å²) in [6.45, 7) is 8.40. The van der Waals surface area contributed by atoms with Gasteiger partial charge in [-0.25, -0.2) is 0 Å². The second-order valence-electron chi connectivity index (χ2n) is 11.6. The fraction of sp³-hybridized carbons (Fsp3) is 0. The first-order valence-corrected chi connectivity index (χ1v) is 16.0. The summed E-state index contributed by atoms with van der Waals surface area (Å²) >= 11 is 0. The van der Waals surface area contributed by atoms with Gasteiger partial charge in [0.25, 0.3) is 0 Å². The highest BCUT2D eigenvalue weighted by molar-refractivity contribution is 6.25. The van der Waals surface area contributed by atoms with E-state index >= 15 is 0 Å². The van der Waals surface area contributed by atoms with Gasteiger partial charge < -0.3 is 0 Å². The Hall–Kier alpha value is -6.38. The maximum absolute atomic E-state index is 4.49. The molecule has 0 aliphatic carbocycles. The Morgan fingerprint density at radius 3 is 2.00 bits per heavy atom. The molecule has 7 rings (SSSR count). The Balaban J connectivity index is 1.28. The fourth-order valence-corrected chi connectivity index (χ4v) is 6.18. The molecule has 0 aliphatic heterocycles. The number of rotatable bonds is 9. The minimum absolute atomic E-state index is 0.868. The van der Waals surface area contributed by atoms with Crippen LogP contribution in [0.25, 0.3) is 61.2 Å². The van der Waals surface area contributed by atoms with Gasteiger partial charge in [0.2, 0.25) is 0 Å². The maximum atomic E-state index is 4.49. The highest BCUT2D eigenvalue weighted by Gasteiger charge is 2.10. The molecule has 0 aliphatic rings. The number of nitrogens with zero attached hydrogens (tertiary/aromatic N) is 2. The van der Waals surface area contributed by atoms with Crippen molar-refractivity contribution in [1.29, 1.82) is 0 Å². The molecule has 228 valence electrons. The van der Waals surface area contributed by atoms with Crippen LogP contribution in [0.3, 0.4) is 0 Å². The molecule has 0 radical (unpaired) electrons. The Kier molecular flexibility index (Phi) is 8.80. The summed E-state index contributed by atoms with van der Waals surface area (Å²) in [5.41, 5.74) is 8.14. The average Bonchev–Trinajstić information content (AvgIpc) is 3.15. The summed E-state index contributed by atoms with van der Waals surface area (Å²) in [6, 6.07) is 42.8. The first kappa shape index (κ1) is 30.3. The Morgan fingerprint density at radius 2 is 1.31 bits per heavy atom. The molecular weight excluding hydrogens is 581 g/mol. The van der Waals surface area contributed by atoms with E-state index in [4.69, 9.17) is 0 Å². The predicted octanol–water partition coefficient (Wildman–Crippen LogP) is 12.1. The normalized spacial score (nSPS) is 12.4. The van der Waals surface area contributed by atoms with Crippen molar-refractivity contribution >= 4 is 50.0 Å². The zero-order chi connectivity index (χ0) is 32.7. The lowest BCUT2D eigenvalue weighted by Crippen LogP contribution is -1.89. The van der Waals surface area contributed by atoms with Gasteiger partial charge in [0.05, 0.1) is 5.69 Å². The van der Waals surface area contributed by atoms with Crippen LogP contribution >= 0.6 is 0 Å².